The number of hydrogen-bond donors (Lipinski definition) is 1. The topological polar surface area (TPSA) is 95.0 Å². The molecule has 1 aromatic carbocycles. The highest BCUT2D eigenvalue weighted by atomic mass is 16.4. The second-order valence-electron chi connectivity index (χ2n) is 5.12. The first-order chi connectivity index (χ1) is 9.41. The number of carbonyl (C=O) groups excluding carboxylic acids is 1. The Morgan fingerprint density at radius 2 is 1.95 bits per heavy atom. The Morgan fingerprint density at radius 3 is 2.55 bits per heavy atom. The van der Waals surface area contributed by atoms with Gasteiger partial charge in [-0.25, -0.2) is 4.79 Å². The Morgan fingerprint density at radius 1 is 1.30 bits per heavy atom. The van der Waals surface area contributed by atoms with Crippen molar-refractivity contribution in [3.8, 4) is 0 Å². The molecule has 0 aliphatic heterocycles. The summed E-state index contributed by atoms with van der Waals surface area (Å²) in [6.45, 7) is 3.63. The van der Waals surface area contributed by atoms with Gasteiger partial charge in [0.05, 0.1) is 22.9 Å². The first-order valence-electron chi connectivity index (χ1n) is 6.36. The van der Waals surface area contributed by atoms with Crippen LogP contribution < -0.4 is 16.4 Å². The number of hydrogen-bond acceptors (Lipinski definition) is 4. The van der Waals surface area contributed by atoms with Crippen molar-refractivity contribution in [2.45, 2.75) is 26.3 Å². The molecule has 1 aromatic heterocycles. The minimum atomic E-state index is -1.43. The zero-order chi connectivity index (χ0) is 14.9. The van der Waals surface area contributed by atoms with Crippen molar-refractivity contribution in [3.63, 3.8) is 0 Å². The van der Waals surface area contributed by atoms with E-state index >= 15 is 0 Å². The van der Waals surface area contributed by atoms with Gasteiger partial charge in [-0.15, -0.1) is 0 Å². The summed E-state index contributed by atoms with van der Waals surface area (Å²) in [5.74, 6) is -1.42. The van der Waals surface area contributed by atoms with Crippen LogP contribution in [0.2, 0.25) is 0 Å². The van der Waals surface area contributed by atoms with E-state index in [1.807, 2.05) is 13.8 Å². The smallest absolute Gasteiger partial charge is 0.329 e. The molecule has 0 saturated carbocycles. The maximum absolute atomic E-state index is 12.3. The number of rotatable bonds is 4. The van der Waals surface area contributed by atoms with E-state index in [9.17, 15) is 19.5 Å². The first kappa shape index (κ1) is 14.0. The molecule has 0 aliphatic carbocycles. The number of carboxylic acid groups (broad SMARTS) is 1. The first-order valence-corrected chi connectivity index (χ1v) is 6.36. The molecule has 0 radical (unpaired) electrons. The van der Waals surface area contributed by atoms with Gasteiger partial charge >= 0.3 is 5.69 Å². The van der Waals surface area contributed by atoms with E-state index < -0.39 is 23.3 Å². The standard InChI is InChI=1S/C14H16N2O4/c1-8(2)7-11(13(18)19)16-12(17)9-5-3-4-6-10(9)15-14(16)20/h3-6,8,11H,7H2,1-2H3,(H,15,20)(H,18,19)/p-1/t11-/m0/s1. The van der Waals surface area contributed by atoms with E-state index in [1.165, 1.54) is 0 Å². The molecule has 1 atom stereocenters. The number of benzene rings is 1. The summed E-state index contributed by atoms with van der Waals surface area (Å²) in [6, 6.07) is 5.22. The molecule has 0 spiro atoms. The van der Waals surface area contributed by atoms with Crippen LogP contribution in [0.3, 0.4) is 0 Å². The maximum Gasteiger partial charge on any atom is 0.329 e. The maximum atomic E-state index is 12.3. The molecule has 0 amide bonds. The average molecular weight is 275 g/mol. The van der Waals surface area contributed by atoms with Gasteiger partial charge in [-0.2, -0.15) is 0 Å². The molecular formula is C14H15N2O4-. The Kier molecular flexibility index (Phi) is 3.74. The van der Waals surface area contributed by atoms with Crippen LogP contribution in [0.1, 0.15) is 26.3 Å². The van der Waals surface area contributed by atoms with Crippen LogP contribution in [0.4, 0.5) is 0 Å². The molecule has 6 nitrogen and oxygen atoms in total. The number of aromatic nitrogens is 2. The number of carboxylic acids is 1. The van der Waals surface area contributed by atoms with Crippen molar-refractivity contribution in [2.24, 2.45) is 5.92 Å². The summed E-state index contributed by atoms with van der Waals surface area (Å²) >= 11 is 0. The van der Waals surface area contributed by atoms with Crippen molar-refractivity contribution in [3.05, 3.63) is 45.1 Å². The fourth-order valence-electron chi connectivity index (χ4n) is 2.21. The fourth-order valence-corrected chi connectivity index (χ4v) is 2.21. The van der Waals surface area contributed by atoms with Gasteiger partial charge in [-0.3, -0.25) is 9.36 Å². The summed E-state index contributed by atoms with van der Waals surface area (Å²) in [6.07, 6.45) is 0.156. The van der Waals surface area contributed by atoms with Gasteiger partial charge in [-0.05, 0) is 24.5 Å². The molecule has 0 fully saturated rings. The average Bonchev–Trinajstić information content (AvgIpc) is 2.37. The van der Waals surface area contributed by atoms with E-state index in [4.69, 9.17) is 0 Å². The number of carbonyl (C=O) groups is 1. The van der Waals surface area contributed by atoms with Crippen LogP contribution in [-0.4, -0.2) is 15.5 Å². The number of nitrogens with zero attached hydrogens (tertiary/aromatic N) is 1. The number of H-pyrrole nitrogens is 1. The summed E-state index contributed by atoms with van der Waals surface area (Å²) in [7, 11) is 0. The number of fused-ring (bicyclic) bond motifs is 1. The predicted molar refractivity (Wildman–Crippen MR) is 72.3 cm³/mol. The van der Waals surface area contributed by atoms with E-state index in [0.29, 0.717) is 5.52 Å². The van der Waals surface area contributed by atoms with Crippen LogP contribution in [0.25, 0.3) is 10.9 Å². The van der Waals surface area contributed by atoms with Gasteiger partial charge < -0.3 is 14.9 Å². The van der Waals surface area contributed by atoms with E-state index in [0.717, 1.165) is 4.57 Å². The van der Waals surface area contributed by atoms with Crippen LogP contribution in [0, 0.1) is 5.92 Å². The highest BCUT2D eigenvalue weighted by molar-refractivity contribution is 5.77. The Bertz CT molecular complexity index is 758. The predicted octanol–water partition coefficient (Wildman–Crippen LogP) is 0.0269. The summed E-state index contributed by atoms with van der Waals surface area (Å²) in [5.41, 5.74) is -0.955. The fraction of sp³-hybridized carbons (Fsp3) is 0.357. The molecule has 6 heteroatoms. The molecule has 2 aromatic rings. The molecule has 0 unspecified atom stereocenters. The van der Waals surface area contributed by atoms with Gasteiger partial charge in [0.2, 0.25) is 0 Å². The lowest BCUT2D eigenvalue weighted by molar-refractivity contribution is -0.311. The van der Waals surface area contributed by atoms with E-state index in [-0.39, 0.29) is 17.7 Å². The number of aliphatic carboxylic acids is 1. The molecule has 0 bridgehead atoms. The SMILES string of the molecule is CC(C)C[C@@H](C(=O)[O-])n1c(=O)[nH]c2ccccc2c1=O. The molecule has 1 heterocycles. The van der Waals surface area contributed by atoms with Crippen molar-refractivity contribution in [1.82, 2.24) is 9.55 Å². The number of nitrogens with one attached hydrogen (secondary N) is 1. The number of aromatic amines is 1. The van der Waals surface area contributed by atoms with Gasteiger partial charge in [0.15, 0.2) is 0 Å². The largest absolute Gasteiger partial charge is 0.548 e. The molecular weight excluding hydrogens is 260 g/mol. The molecule has 2 rings (SSSR count). The molecule has 106 valence electrons. The Hall–Kier alpha value is -2.37. The number of para-hydroxylation sites is 1. The van der Waals surface area contributed by atoms with Gasteiger partial charge in [0.1, 0.15) is 0 Å². The Balaban J connectivity index is 2.72. The highest BCUT2D eigenvalue weighted by Crippen LogP contribution is 2.14. The second-order valence-corrected chi connectivity index (χ2v) is 5.12. The van der Waals surface area contributed by atoms with Crippen LogP contribution in [0.15, 0.2) is 33.9 Å². The van der Waals surface area contributed by atoms with Crippen molar-refractivity contribution in [1.29, 1.82) is 0 Å². The van der Waals surface area contributed by atoms with Crippen molar-refractivity contribution in [2.75, 3.05) is 0 Å². The van der Waals surface area contributed by atoms with E-state index in [1.54, 1.807) is 24.3 Å². The van der Waals surface area contributed by atoms with Gasteiger partial charge in [-0.1, -0.05) is 26.0 Å². The highest BCUT2D eigenvalue weighted by Gasteiger charge is 2.19. The summed E-state index contributed by atoms with van der Waals surface area (Å²) in [4.78, 5) is 38.1. The zero-order valence-electron chi connectivity index (χ0n) is 11.3. The van der Waals surface area contributed by atoms with Gasteiger partial charge in [0.25, 0.3) is 5.56 Å². The van der Waals surface area contributed by atoms with E-state index in [2.05, 4.69) is 4.98 Å². The lowest BCUT2D eigenvalue weighted by atomic mass is 10.0. The lowest BCUT2D eigenvalue weighted by Gasteiger charge is -2.21. The van der Waals surface area contributed by atoms with Crippen LogP contribution in [-0.2, 0) is 4.79 Å². The summed E-state index contributed by atoms with van der Waals surface area (Å²) in [5, 5.41) is 11.5. The minimum absolute atomic E-state index is 0.00988. The lowest BCUT2D eigenvalue weighted by Crippen LogP contribution is -2.45. The van der Waals surface area contributed by atoms with Crippen LogP contribution >= 0.6 is 0 Å². The third-order valence-corrected chi connectivity index (χ3v) is 3.12. The normalized spacial score (nSPS) is 12.8. The molecule has 20 heavy (non-hydrogen) atoms. The van der Waals surface area contributed by atoms with Gasteiger partial charge in [0, 0.05) is 0 Å². The quantitative estimate of drug-likeness (QED) is 0.851. The molecule has 0 aliphatic rings. The second kappa shape index (κ2) is 5.32. The monoisotopic (exact) mass is 275 g/mol. The third-order valence-electron chi connectivity index (χ3n) is 3.12. The van der Waals surface area contributed by atoms with Crippen molar-refractivity contribution >= 4 is 16.9 Å². The Labute approximate surface area is 114 Å². The van der Waals surface area contributed by atoms with Crippen molar-refractivity contribution < 1.29 is 9.90 Å². The minimum Gasteiger partial charge on any atom is -0.548 e. The molecule has 1 N–H and O–H groups in total. The van der Waals surface area contributed by atoms with Crippen LogP contribution in [0.5, 0.6) is 0 Å². The third kappa shape index (κ3) is 2.49. The molecule has 0 saturated heterocycles. The summed E-state index contributed by atoms with van der Waals surface area (Å²) < 4.78 is 0.734. The zero-order valence-corrected chi connectivity index (χ0v) is 11.3.